The van der Waals surface area contributed by atoms with Gasteiger partial charge >= 0.3 is 6.09 Å². The van der Waals surface area contributed by atoms with Gasteiger partial charge in [0.1, 0.15) is 17.7 Å². The highest BCUT2D eigenvalue weighted by atomic mass is 16.5. The molecule has 2 aliphatic heterocycles. The average molecular weight is 704 g/mol. The second-order valence-electron chi connectivity index (χ2n) is 14.1. The van der Waals surface area contributed by atoms with Crippen LogP contribution in [0.1, 0.15) is 70.2 Å². The topological polar surface area (TPSA) is 175 Å². The number of aromatic amines is 2. The number of aromatic nitrogens is 5. The van der Waals surface area contributed by atoms with Crippen LogP contribution in [0.4, 0.5) is 4.79 Å². The SMILES string of the molecule is COC(=O)N[C@H](C(=O)N1CCC[C@H]1c1ncc(-c2ccc(-c3ccc4cc(-c5cnc([C@@H]6CCCN6C(=O)[C@H](C)N)[nH]5)ccc4n3)cc2)[nH]1)C(C)C. The summed E-state index contributed by atoms with van der Waals surface area (Å²) in [5.74, 6) is 1.22. The van der Waals surface area contributed by atoms with E-state index in [4.69, 9.17) is 15.5 Å². The summed E-state index contributed by atoms with van der Waals surface area (Å²) in [5.41, 5.74) is 12.3. The Labute approximate surface area is 302 Å². The molecule has 2 aliphatic rings. The Kier molecular flexibility index (Phi) is 9.78. The molecule has 13 nitrogen and oxygen atoms in total. The van der Waals surface area contributed by atoms with Gasteiger partial charge in [0.2, 0.25) is 11.8 Å². The summed E-state index contributed by atoms with van der Waals surface area (Å²) in [6.45, 7) is 6.82. The number of hydrogen-bond acceptors (Lipinski definition) is 8. The van der Waals surface area contributed by atoms with Gasteiger partial charge in [0, 0.05) is 29.6 Å². The molecule has 5 N–H and O–H groups in total. The molecule has 5 aromatic rings. The normalized spacial score (nSPS) is 18.6. The number of rotatable bonds is 9. The van der Waals surface area contributed by atoms with Gasteiger partial charge < -0.3 is 35.6 Å². The minimum atomic E-state index is -0.682. The molecule has 7 rings (SSSR count). The maximum atomic E-state index is 13.5. The maximum Gasteiger partial charge on any atom is 0.407 e. The first-order valence-electron chi connectivity index (χ1n) is 17.9. The van der Waals surface area contributed by atoms with Gasteiger partial charge in [-0.3, -0.25) is 9.59 Å². The fraction of sp³-hybridized carbons (Fsp3) is 0.385. The Bertz CT molecular complexity index is 2090. The van der Waals surface area contributed by atoms with Crippen LogP contribution in [0.3, 0.4) is 0 Å². The molecule has 0 saturated carbocycles. The summed E-state index contributed by atoms with van der Waals surface area (Å²) in [5, 5.41) is 3.70. The van der Waals surface area contributed by atoms with Crippen LogP contribution in [-0.4, -0.2) is 84.9 Å². The van der Waals surface area contributed by atoms with Gasteiger partial charge in [-0.15, -0.1) is 0 Å². The lowest BCUT2D eigenvalue weighted by molar-refractivity contribution is -0.135. The lowest BCUT2D eigenvalue weighted by Crippen LogP contribution is -2.51. The van der Waals surface area contributed by atoms with E-state index in [0.29, 0.717) is 13.1 Å². The van der Waals surface area contributed by atoms with Crippen LogP contribution in [0.5, 0.6) is 0 Å². The summed E-state index contributed by atoms with van der Waals surface area (Å²) in [4.78, 5) is 62.9. The van der Waals surface area contributed by atoms with Gasteiger partial charge in [0.05, 0.1) is 60.2 Å². The smallest absolute Gasteiger partial charge is 0.407 e. The summed E-state index contributed by atoms with van der Waals surface area (Å²) < 4.78 is 4.75. The maximum absolute atomic E-state index is 13.5. The molecule has 5 heterocycles. The van der Waals surface area contributed by atoms with Gasteiger partial charge in [-0.25, -0.2) is 19.7 Å². The van der Waals surface area contributed by atoms with E-state index in [1.807, 2.05) is 72.3 Å². The number of benzene rings is 2. The molecular weight excluding hydrogens is 658 g/mol. The third kappa shape index (κ3) is 6.88. The van der Waals surface area contributed by atoms with Crippen molar-refractivity contribution in [2.75, 3.05) is 20.2 Å². The molecule has 3 aromatic heterocycles. The van der Waals surface area contributed by atoms with Crippen LogP contribution in [0.15, 0.2) is 67.0 Å². The second kappa shape index (κ2) is 14.6. The van der Waals surface area contributed by atoms with Crippen molar-refractivity contribution < 1.29 is 19.1 Å². The molecule has 0 radical (unpaired) electrons. The fourth-order valence-electron chi connectivity index (χ4n) is 7.35. The number of ether oxygens (including phenoxy) is 1. The minimum Gasteiger partial charge on any atom is -0.453 e. The number of nitrogens with zero attached hydrogens (tertiary/aromatic N) is 5. The van der Waals surface area contributed by atoms with Crippen molar-refractivity contribution in [3.63, 3.8) is 0 Å². The van der Waals surface area contributed by atoms with Crippen LogP contribution in [-0.2, 0) is 14.3 Å². The van der Waals surface area contributed by atoms with E-state index in [0.717, 1.165) is 82.0 Å². The Hall–Kier alpha value is -5.56. The van der Waals surface area contributed by atoms with Crippen LogP contribution in [0.25, 0.3) is 44.7 Å². The van der Waals surface area contributed by atoms with Crippen LogP contribution in [0.2, 0.25) is 0 Å². The molecule has 270 valence electrons. The molecule has 0 bridgehead atoms. The first kappa shape index (κ1) is 34.9. The molecule has 52 heavy (non-hydrogen) atoms. The van der Waals surface area contributed by atoms with E-state index in [-0.39, 0.29) is 29.8 Å². The number of pyridine rings is 1. The molecule has 13 heteroatoms. The van der Waals surface area contributed by atoms with E-state index >= 15 is 0 Å². The molecule has 0 spiro atoms. The number of alkyl carbamates (subject to hydrolysis) is 1. The summed E-state index contributed by atoms with van der Waals surface area (Å²) >= 11 is 0. The largest absolute Gasteiger partial charge is 0.453 e. The third-order valence-electron chi connectivity index (χ3n) is 10.2. The summed E-state index contributed by atoms with van der Waals surface area (Å²) in [6.07, 6.45) is 6.43. The van der Waals surface area contributed by atoms with Gasteiger partial charge in [-0.1, -0.05) is 50.2 Å². The van der Waals surface area contributed by atoms with E-state index in [9.17, 15) is 14.4 Å². The average Bonchev–Trinajstić information content (AvgIpc) is 3.99. The number of amides is 3. The Morgan fingerprint density at radius 1 is 0.808 bits per heavy atom. The molecule has 0 aliphatic carbocycles. The molecule has 4 atom stereocenters. The molecule has 2 aromatic carbocycles. The number of carbonyl (C=O) groups is 3. The number of imidazole rings is 2. The van der Waals surface area contributed by atoms with Crippen molar-refractivity contribution in [3.8, 4) is 33.8 Å². The standard InChI is InChI=1S/C39H45N9O4/c1-22(2)34(46-39(51)52-4)38(50)48-18-6-8-33(48)36-41-20-30(44-36)25-11-9-24(10-12-25)28-15-13-26-19-27(14-16-29(26)43-28)31-21-42-35(45-31)32-7-5-17-47(32)37(49)23(3)40/h9-16,19-23,32-34H,5-8,17-18,40H2,1-4H3,(H,41,44)(H,42,45)(H,46,51)/t23-,32-,33-,34-/m0/s1. The fourth-order valence-corrected chi connectivity index (χ4v) is 7.35. The van der Waals surface area contributed by atoms with E-state index in [1.54, 1.807) is 13.1 Å². The van der Waals surface area contributed by atoms with Crippen molar-refractivity contribution in [1.29, 1.82) is 0 Å². The highest BCUT2D eigenvalue weighted by Gasteiger charge is 2.37. The number of fused-ring (bicyclic) bond motifs is 1. The number of methoxy groups -OCH3 is 1. The number of nitrogens with two attached hydrogens (primary N) is 1. The van der Waals surface area contributed by atoms with Gasteiger partial charge in [0.25, 0.3) is 0 Å². The lowest BCUT2D eigenvalue weighted by atomic mass is 10.0. The predicted molar refractivity (Wildman–Crippen MR) is 198 cm³/mol. The number of carbonyl (C=O) groups excluding carboxylic acids is 3. The highest BCUT2D eigenvalue weighted by molar-refractivity contribution is 5.87. The van der Waals surface area contributed by atoms with Crippen LogP contribution < -0.4 is 11.1 Å². The first-order chi connectivity index (χ1) is 25.1. The zero-order valence-electron chi connectivity index (χ0n) is 29.9. The Morgan fingerprint density at radius 3 is 1.98 bits per heavy atom. The van der Waals surface area contributed by atoms with Crippen molar-refractivity contribution >= 4 is 28.8 Å². The van der Waals surface area contributed by atoms with Crippen molar-refractivity contribution in [2.24, 2.45) is 11.7 Å². The van der Waals surface area contributed by atoms with Crippen molar-refractivity contribution in [2.45, 2.75) is 70.6 Å². The molecule has 2 saturated heterocycles. The lowest BCUT2D eigenvalue weighted by Gasteiger charge is -2.30. The zero-order valence-corrected chi connectivity index (χ0v) is 29.9. The highest BCUT2D eigenvalue weighted by Crippen LogP contribution is 2.35. The Balaban J connectivity index is 1.04. The molecule has 3 amide bonds. The number of H-pyrrole nitrogens is 2. The number of nitrogens with one attached hydrogen (secondary N) is 3. The monoisotopic (exact) mass is 703 g/mol. The zero-order chi connectivity index (χ0) is 36.5. The van der Waals surface area contributed by atoms with Crippen molar-refractivity contribution in [3.05, 3.63) is 78.6 Å². The molecule has 0 unspecified atom stereocenters. The van der Waals surface area contributed by atoms with E-state index < -0.39 is 18.2 Å². The predicted octanol–water partition coefficient (Wildman–Crippen LogP) is 5.74. The van der Waals surface area contributed by atoms with E-state index in [1.165, 1.54) is 7.11 Å². The quantitative estimate of drug-likeness (QED) is 0.150. The van der Waals surface area contributed by atoms with Crippen molar-refractivity contribution in [1.82, 2.24) is 40.0 Å². The summed E-state index contributed by atoms with van der Waals surface area (Å²) in [6, 6.07) is 16.9. The third-order valence-corrected chi connectivity index (χ3v) is 10.2. The van der Waals surface area contributed by atoms with Gasteiger partial charge in [-0.05, 0) is 62.3 Å². The Morgan fingerprint density at radius 2 is 1.38 bits per heavy atom. The molecule has 2 fully saturated rings. The number of likely N-dealkylation sites (tertiary alicyclic amines) is 2. The number of hydrogen-bond donors (Lipinski definition) is 4. The molecular formula is C39H45N9O4. The second-order valence-corrected chi connectivity index (χ2v) is 14.1. The van der Waals surface area contributed by atoms with E-state index in [2.05, 4.69) is 37.4 Å². The minimum absolute atomic E-state index is 0.0491. The van der Waals surface area contributed by atoms with Crippen LogP contribution in [0, 0.1) is 5.92 Å². The summed E-state index contributed by atoms with van der Waals surface area (Å²) in [7, 11) is 1.29. The van der Waals surface area contributed by atoms with Gasteiger partial charge in [-0.2, -0.15) is 0 Å². The van der Waals surface area contributed by atoms with Gasteiger partial charge in [0.15, 0.2) is 0 Å². The first-order valence-corrected chi connectivity index (χ1v) is 17.9. The van der Waals surface area contributed by atoms with Crippen LogP contribution >= 0.6 is 0 Å².